The molecule has 0 saturated carbocycles. The largest absolute Gasteiger partial charge is 0.207 e. The molecule has 12 rings (SSSR count). The van der Waals surface area contributed by atoms with Gasteiger partial charge in [0.05, 0.1) is 18.5 Å². The zero-order valence-corrected chi connectivity index (χ0v) is 52.0. The first-order valence-electron chi connectivity index (χ1n) is 30.8. The van der Waals surface area contributed by atoms with Crippen LogP contribution in [0.2, 0.25) is 0 Å². The Morgan fingerprint density at radius 3 is 1.07 bits per heavy atom. The number of rotatable bonds is 0. The summed E-state index contributed by atoms with van der Waals surface area (Å²) in [6.45, 7) is 26.2. The maximum Gasteiger partial charge on any atom is 0.126 e. The normalized spacial score (nSPS) is 10.2. The highest BCUT2D eigenvalue weighted by Gasteiger charge is 1.94. The van der Waals surface area contributed by atoms with Crippen LogP contribution in [0, 0.1) is 113 Å². The fourth-order valence-corrected chi connectivity index (χ4v) is 7.36. The molecular formula is C82H87F2N. The lowest BCUT2D eigenvalue weighted by Gasteiger charge is -1.98. The molecule has 12 aromatic carbocycles. The number of nitrogens with zero attached hydrogens (tertiary/aromatic N) is 1. The zero-order chi connectivity index (χ0) is 66.5. The standard InChI is InChI=1S/2C11H10.C8H7N.3C8H10.2C7H7F.2C7H8/c1-9-5-4-7-10-6-2-3-8-11(9)10;1-9-6-7-10-4-2-3-5-11(10)8-9;1-7-2-4-8(6-9)5-3-7;1-7-3-5-8(2)6-4-7;1-7-4-3-5-8(2)6-7;1-7-5-3-4-6-8(7)2;1-6-2-4-7(8)5-3-6;1-6-4-2-3-5-7(6)8;2*1-7-5-3-2-4-6-7/h2*2-8H,1H3;2-5H,1H3;3*3-6H,1-2H3;2*2-5H,1H3;2*2-6H,1H3/i;;;;;;;;2D,3D,4D,5D,6D;. The molecule has 0 fully saturated rings. The molecule has 0 aliphatic carbocycles. The van der Waals surface area contributed by atoms with E-state index in [9.17, 15) is 8.78 Å². The van der Waals surface area contributed by atoms with E-state index >= 15 is 0 Å². The summed E-state index contributed by atoms with van der Waals surface area (Å²) < 4.78 is 60.7. The maximum atomic E-state index is 12.3. The average Bonchev–Trinajstić information content (AvgIpc) is 1.42. The quantitative estimate of drug-likeness (QED) is 0.148. The molecular weight excluding hydrogens is 1040 g/mol. The molecule has 0 heterocycles. The van der Waals surface area contributed by atoms with Gasteiger partial charge in [-0.2, -0.15) is 5.26 Å². The molecule has 1 nitrogen and oxygen atoms in total. The van der Waals surface area contributed by atoms with E-state index in [1.54, 1.807) is 31.2 Å². The number of halogens is 2. The summed E-state index contributed by atoms with van der Waals surface area (Å²) in [6, 6.07) is 86.8. The Bertz CT molecular complexity index is 3760. The lowest BCUT2D eigenvalue weighted by atomic mass is 10.1. The number of nitriles is 1. The lowest BCUT2D eigenvalue weighted by Crippen LogP contribution is -1.76. The van der Waals surface area contributed by atoms with Crippen LogP contribution < -0.4 is 0 Å². The van der Waals surface area contributed by atoms with Crippen molar-refractivity contribution in [1.29, 1.82) is 5.26 Å². The molecule has 0 aliphatic rings. The first kappa shape index (κ1) is 61.6. The Morgan fingerprint density at radius 1 is 0.282 bits per heavy atom. The van der Waals surface area contributed by atoms with Crippen molar-refractivity contribution in [3.8, 4) is 6.07 Å². The molecule has 0 amide bonds. The molecule has 434 valence electrons. The fraction of sp³-hybridized carbons (Fsp3) is 0.159. The SMILES string of the molecule is Cc1ccc(C#N)cc1.Cc1ccc(C)cc1.Cc1ccc(F)cc1.Cc1ccc2ccccc2c1.Cc1cccc(C)c1.Cc1cccc2ccccc12.Cc1ccccc1.Cc1ccccc1C.Cc1ccccc1F.[2H]c1c([2H])c([2H])c(C)c([2H])c1[2H]. The Hall–Kier alpha value is -9.49. The first-order valence-corrected chi connectivity index (χ1v) is 28.3. The van der Waals surface area contributed by atoms with Crippen molar-refractivity contribution in [3.05, 3.63) is 381 Å². The van der Waals surface area contributed by atoms with Crippen molar-refractivity contribution in [1.82, 2.24) is 0 Å². The first-order chi connectivity index (χ1) is 42.9. The molecule has 0 radical (unpaired) electrons. The molecule has 0 aliphatic heterocycles. The van der Waals surface area contributed by atoms with Gasteiger partial charge in [-0.1, -0.05) is 311 Å². The topological polar surface area (TPSA) is 23.8 Å². The number of fused-ring (bicyclic) bond motifs is 2. The van der Waals surface area contributed by atoms with Gasteiger partial charge in [0.25, 0.3) is 0 Å². The second-order valence-corrected chi connectivity index (χ2v) is 20.5. The van der Waals surface area contributed by atoms with Gasteiger partial charge in [0.15, 0.2) is 0 Å². The third-order valence-corrected chi connectivity index (χ3v) is 12.6. The van der Waals surface area contributed by atoms with Crippen LogP contribution in [0.25, 0.3) is 21.5 Å². The third-order valence-electron chi connectivity index (χ3n) is 12.6. The van der Waals surface area contributed by atoms with Crippen molar-refractivity contribution in [2.75, 3.05) is 0 Å². The molecule has 0 aromatic heterocycles. The van der Waals surface area contributed by atoms with Gasteiger partial charge in [-0.3, -0.25) is 0 Å². The zero-order valence-electron chi connectivity index (χ0n) is 57.0. The molecule has 0 unspecified atom stereocenters. The minimum absolute atomic E-state index is 0.124. The number of aryl methyl sites for hydroxylation is 12. The van der Waals surface area contributed by atoms with Crippen molar-refractivity contribution in [3.63, 3.8) is 0 Å². The second kappa shape index (κ2) is 40.7. The highest BCUT2D eigenvalue weighted by molar-refractivity contribution is 5.85. The van der Waals surface area contributed by atoms with E-state index in [-0.39, 0.29) is 41.8 Å². The summed E-state index contributed by atoms with van der Waals surface area (Å²) in [5.41, 5.74) is 16.1. The van der Waals surface area contributed by atoms with Crippen LogP contribution in [-0.2, 0) is 0 Å². The van der Waals surface area contributed by atoms with Gasteiger partial charge in [-0.15, -0.1) is 0 Å². The Labute approximate surface area is 516 Å². The van der Waals surface area contributed by atoms with Crippen LogP contribution >= 0.6 is 0 Å². The maximum absolute atomic E-state index is 12.3. The highest BCUT2D eigenvalue weighted by Crippen LogP contribution is 2.17. The van der Waals surface area contributed by atoms with Crippen LogP contribution in [0.15, 0.2) is 291 Å². The fourth-order valence-electron chi connectivity index (χ4n) is 7.36. The molecule has 0 bridgehead atoms. The van der Waals surface area contributed by atoms with Gasteiger partial charge in [-0.25, -0.2) is 8.78 Å². The summed E-state index contributed by atoms with van der Waals surface area (Å²) in [5, 5.41) is 13.7. The Morgan fingerprint density at radius 2 is 0.647 bits per heavy atom. The summed E-state index contributed by atoms with van der Waals surface area (Å²) in [5.74, 6) is -0.303. The predicted octanol–water partition coefficient (Wildman–Crippen LogP) is 23.3. The second-order valence-electron chi connectivity index (χ2n) is 20.5. The van der Waals surface area contributed by atoms with Gasteiger partial charge in [0.1, 0.15) is 11.6 Å². The summed E-state index contributed by atoms with van der Waals surface area (Å²) >= 11 is 0. The van der Waals surface area contributed by atoms with E-state index in [4.69, 9.17) is 12.1 Å². The van der Waals surface area contributed by atoms with E-state index in [0.29, 0.717) is 11.1 Å². The number of hydrogen-bond acceptors (Lipinski definition) is 1. The molecule has 85 heavy (non-hydrogen) atoms. The third kappa shape index (κ3) is 31.5. The van der Waals surface area contributed by atoms with Gasteiger partial charge < -0.3 is 0 Å². The van der Waals surface area contributed by atoms with Crippen molar-refractivity contribution >= 4 is 21.5 Å². The predicted molar refractivity (Wildman–Crippen MR) is 366 cm³/mol. The summed E-state index contributed by atoms with van der Waals surface area (Å²) in [7, 11) is 0. The van der Waals surface area contributed by atoms with Gasteiger partial charge in [0.2, 0.25) is 0 Å². The summed E-state index contributed by atoms with van der Waals surface area (Å²) in [6.07, 6.45) is 0. The Balaban J connectivity index is 0.000000262. The Kier molecular flexibility index (Phi) is 29.5. The molecule has 0 atom stereocenters. The molecule has 3 heteroatoms. The van der Waals surface area contributed by atoms with E-state index in [0.717, 1.165) is 11.1 Å². The molecule has 0 saturated heterocycles. The summed E-state index contributed by atoms with van der Waals surface area (Å²) in [4.78, 5) is 0. The molecule has 0 N–H and O–H groups in total. The van der Waals surface area contributed by atoms with E-state index < -0.39 is 0 Å². The van der Waals surface area contributed by atoms with Crippen molar-refractivity contribution in [2.45, 2.75) is 90.0 Å². The highest BCUT2D eigenvalue weighted by atomic mass is 19.1. The van der Waals surface area contributed by atoms with Crippen LogP contribution in [0.4, 0.5) is 8.78 Å². The number of hydrogen-bond donors (Lipinski definition) is 0. The van der Waals surface area contributed by atoms with Crippen LogP contribution in [0.5, 0.6) is 0 Å². The van der Waals surface area contributed by atoms with Crippen molar-refractivity contribution in [2.24, 2.45) is 0 Å². The minimum Gasteiger partial charge on any atom is -0.207 e. The molecule has 0 spiro atoms. The monoisotopic (exact) mass is 1130 g/mol. The number of benzene rings is 12. The lowest BCUT2D eigenvalue weighted by molar-refractivity contribution is 0.618. The van der Waals surface area contributed by atoms with E-state index in [1.165, 1.54) is 102 Å². The minimum atomic E-state index is -0.337. The van der Waals surface area contributed by atoms with Crippen molar-refractivity contribution < 1.29 is 15.6 Å². The van der Waals surface area contributed by atoms with Crippen LogP contribution in [0.1, 0.15) is 84.7 Å². The average molecular weight is 1130 g/mol. The van der Waals surface area contributed by atoms with Gasteiger partial charge in [-0.05, 0) is 164 Å². The van der Waals surface area contributed by atoms with E-state index in [2.05, 4.69) is 238 Å². The van der Waals surface area contributed by atoms with Crippen LogP contribution in [-0.4, -0.2) is 0 Å². The smallest absolute Gasteiger partial charge is 0.126 e. The van der Waals surface area contributed by atoms with E-state index in [1.807, 2.05) is 62.4 Å². The van der Waals surface area contributed by atoms with Gasteiger partial charge >= 0.3 is 0 Å². The van der Waals surface area contributed by atoms with Crippen LogP contribution in [0.3, 0.4) is 0 Å². The molecule has 12 aromatic rings. The van der Waals surface area contributed by atoms with Gasteiger partial charge in [0, 0.05) is 0 Å².